The van der Waals surface area contributed by atoms with Crippen molar-refractivity contribution in [3.8, 4) is 5.88 Å². The number of ether oxygens (including phenoxy) is 1. The molecular weight excluding hydrogens is 495 g/mol. The van der Waals surface area contributed by atoms with Crippen LogP contribution in [0.3, 0.4) is 0 Å². The lowest BCUT2D eigenvalue weighted by Gasteiger charge is -2.38. The molecule has 1 aromatic heterocycles. The number of aromatic nitrogens is 2. The Hall–Kier alpha value is -3.09. The van der Waals surface area contributed by atoms with Crippen LogP contribution in [-0.4, -0.2) is 47.5 Å². The topological polar surface area (TPSA) is 108 Å². The molecule has 1 aliphatic heterocycles. The molecule has 1 unspecified atom stereocenters. The summed E-state index contributed by atoms with van der Waals surface area (Å²) in [5.74, 6) is -2.48. The SMILES string of the molecule is CC1(c2cc(C=C(F)c3cnc(OCCC(F)(F)F)cn3)ccc2F)CS(=O)(=O)C(C)(C)C(N)=N1. The highest BCUT2D eigenvalue weighted by molar-refractivity contribution is 7.93. The zero-order valence-electron chi connectivity index (χ0n) is 19.0. The molecule has 0 aliphatic carbocycles. The van der Waals surface area contributed by atoms with Crippen LogP contribution < -0.4 is 10.5 Å². The van der Waals surface area contributed by atoms with Gasteiger partial charge in [0.1, 0.15) is 27.6 Å². The second-order valence-electron chi connectivity index (χ2n) is 8.73. The normalized spacial score (nSPS) is 21.9. The highest BCUT2D eigenvalue weighted by atomic mass is 32.2. The monoisotopic (exact) mass is 518 g/mol. The van der Waals surface area contributed by atoms with Gasteiger partial charge < -0.3 is 10.5 Å². The molecule has 1 aliphatic rings. The lowest BCUT2D eigenvalue weighted by atomic mass is 9.91. The zero-order valence-corrected chi connectivity index (χ0v) is 19.8. The van der Waals surface area contributed by atoms with E-state index >= 15 is 0 Å². The van der Waals surface area contributed by atoms with Crippen molar-refractivity contribution in [3.05, 3.63) is 53.2 Å². The van der Waals surface area contributed by atoms with E-state index in [2.05, 4.69) is 15.0 Å². The second-order valence-corrected chi connectivity index (χ2v) is 11.3. The summed E-state index contributed by atoms with van der Waals surface area (Å²) in [4.78, 5) is 11.8. The molecule has 2 aromatic rings. The number of alkyl halides is 3. The molecular formula is C22H23F5N4O3S. The van der Waals surface area contributed by atoms with Crippen LogP contribution in [-0.2, 0) is 15.4 Å². The van der Waals surface area contributed by atoms with Gasteiger partial charge in [0, 0.05) is 5.56 Å². The summed E-state index contributed by atoms with van der Waals surface area (Å²) in [5, 5.41) is 0. The highest BCUT2D eigenvalue weighted by Gasteiger charge is 2.49. The predicted molar refractivity (Wildman–Crippen MR) is 120 cm³/mol. The van der Waals surface area contributed by atoms with Crippen LogP contribution in [0.25, 0.3) is 11.9 Å². The zero-order chi connectivity index (χ0) is 26.2. The first-order chi connectivity index (χ1) is 16.0. The minimum Gasteiger partial charge on any atom is -0.476 e. The number of amidine groups is 1. The number of rotatable bonds is 6. The third-order valence-corrected chi connectivity index (χ3v) is 8.31. The maximum Gasteiger partial charge on any atom is 0.392 e. The van der Waals surface area contributed by atoms with Gasteiger partial charge in [-0.05, 0) is 44.5 Å². The van der Waals surface area contributed by atoms with Crippen molar-refractivity contribution in [2.24, 2.45) is 10.7 Å². The number of aliphatic imine (C=N–C) groups is 1. The molecule has 0 radical (unpaired) electrons. The molecule has 1 atom stereocenters. The first-order valence-electron chi connectivity index (χ1n) is 10.3. The number of benzene rings is 1. The molecule has 1 aromatic carbocycles. The smallest absolute Gasteiger partial charge is 0.392 e. The van der Waals surface area contributed by atoms with Crippen LogP contribution in [0.5, 0.6) is 5.88 Å². The first-order valence-corrected chi connectivity index (χ1v) is 12.0. The van der Waals surface area contributed by atoms with Gasteiger partial charge in [-0.25, -0.2) is 27.2 Å². The second kappa shape index (κ2) is 9.17. The average molecular weight is 519 g/mol. The van der Waals surface area contributed by atoms with Gasteiger partial charge >= 0.3 is 6.18 Å². The van der Waals surface area contributed by atoms with Crippen molar-refractivity contribution in [1.29, 1.82) is 0 Å². The van der Waals surface area contributed by atoms with Crippen LogP contribution in [0.1, 0.15) is 44.0 Å². The Morgan fingerprint density at radius 1 is 1.20 bits per heavy atom. The van der Waals surface area contributed by atoms with Gasteiger partial charge in [0.25, 0.3) is 0 Å². The maximum atomic E-state index is 14.7. The van der Waals surface area contributed by atoms with Crippen molar-refractivity contribution < 1.29 is 35.1 Å². The van der Waals surface area contributed by atoms with Crippen molar-refractivity contribution in [3.63, 3.8) is 0 Å². The number of sulfone groups is 1. The molecule has 190 valence electrons. The van der Waals surface area contributed by atoms with E-state index in [0.717, 1.165) is 24.5 Å². The van der Waals surface area contributed by atoms with E-state index in [-0.39, 0.29) is 28.5 Å². The lowest BCUT2D eigenvalue weighted by Crippen LogP contribution is -2.55. The minimum absolute atomic E-state index is 0.0828. The van der Waals surface area contributed by atoms with E-state index < -0.39 is 56.7 Å². The van der Waals surface area contributed by atoms with Crippen LogP contribution in [0.2, 0.25) is 0 Å². The number of nitrogens with zero attached hydrogens (tertiary/aromatic N) is 3. The van der Waals surface area contributed by atoms with Gasteiger partial charge in [0.15, 0.2) is 15.7 Å². The van der Waals surface area contributed by atoms with Gasteiger partial charge in [-0.15, -0.1) is 0 Å². The largest absolute Gasteiger partial charge is 0.476 e. The standard InChI is InChI=1S/C22H23F5N4O3S/c1-20(2)19(28)31-21(3,12-35(20,32)33)14-8-13(4-5-15(14)23)9-16(24)17-10-30-18(11-29-17)34-7-6-22(25,26)27/h4-5,8-11H,6-7,12H2,1-3H3,(H2,28,31). The fraction of sp³-hybridized carbons (Fsp3) is 0.409. The van der Waals surface area contributed by atoms with E-state index in [1.807, 2.05) is 0 Å². The minimum atomic E-state index is -4.39. The number of hydrogen-bond acceptors (Lipinski definition) is 7. The summed E-state index contributed by atoms with van der Waals surface area (Å²) >= 11 is 0. The predicted octanol–water partition coefficient (Wildman–Crippen LogP) is 4.19. The molecule has 0 saturated heterocycles. The fourth-order valence-corrected chi connectivity index (χ4v) is 5.02. The molecule has 3 rings (SSSR count). The van der Waals surface area contributed by atoms with Gasteiger partial charge in [-0.1, -0.05) is 6.07 Å². The third-order valence-electron chi connectivity index (χ3n) is 5.61. The molecule has 0 amide bonds. The number of halogens is 5. The molecule has 0 saturated carbocycles. The molecule has 0 spiro atoms. The molecule has 35 heavy (non-hydrogen) atoms. The van der Waals surface area contributed by atoms with E-state index in [1.165, 1.54) is 32.9 Å². The van der Waals surface area contributed by atoms with Crippen LogP contribution in [0.15, 0.2) is 35.6 Å². The quantitative estimate of drug-likeness (QED) is 0.575. The highest BCUT2D eigenvalue weighted by Crippen LogP contribution is 2.38. The fourth-order valence-electron chi connectivity index (χ4n) is 3.33. The van der Waals surface area contributed by atoms with Crippen LogP contribution in [0.4, 0.5) is 22.0 Å². The van der Waals surface area contributed by atoms with Crippen LogP contribution in [0, 0.1) is 5.82 Å². The van der Waals surface area contributed by atoms with Gasteiger partial charge in [0.05, 0.1) is 31.2 Å². The molecule has 2 heterocycles. The number of hydrogen-bond donors (Lipinski definition) is 1. The Bertz CT molecular complexity index is 1270. The molecule has 0 bridgehead atoms. The molecule has 7 nitrogen and oxygen atoms in total. The van der Waals surface area contributed by atoms with E-state index in [4.69, 9.17) is 10.5 Å². The third kappa shape index (κ3) is 5.77. The summed E-state index contributed by atoms with van der Waals surface area (Å²) in [6.07, 6.45) is -2.59. The average Bonchev–Trinajstić information content (AvgIpc) is 2.73. The van der Waals surface area contributed by atoms with Crippen LogP contribution >= 0.6 is 0 Å². The summed E-state index contributed by atoms with van der Waals surface area (Å²) in [6.45, 7) is 3.60. The summed E-state index contributed by atoms with van der Waals surface area (Å²) in [5.41, 5.74) is 4.24. The Morgan fingerprint density at radius 2 is 1.89 bits per heavy atom. The van der Waals surface area contributed by atoms with Crippen molar-refractivity contribution in [2.45, 2.75) is 43.7 Å². The van der Waals surface area contributed by atoms with Crippen molar-refractivity contribution >= 4 is 27.6 Å². The van der Waals surface area contributed by atoms with E-state index in [0.29, 0.717) is 0 Å². The Labute approximate surface area is 198 Å². The van der Waals surface area contributed by atoms with Gasteiger partial charge in [0.2, 0.25) is 5.88 Å². The lowest BCUT2D eigenvalue weighted by molar-refractivity contribution is -0.139. The van der Waals surface area contributed by atoms with Crippen molar-refractivity contribution in [1.82, 2.24) is 9.97 Å². The van der Waals surface area contributed by atoms with Crippen molar-refractivity contribution in [2.75, 3.05) is 12.4 Å². The Morgan fingerprint density at radius 3 is 2.46 bits per heavy atom. The Balaban J connectivity index is 1.86. The maximum absolute atomic E-state index is 14.7. The molecule has 13 heteroatoms. The van der Waals surface area contributed by atoms with Gasteiger partial charge in [-0.3, -0.25) is 4.99 Å². The van der Waals surface area contributed by atoms with Gasteiger partial charge in [-0.2, -0.15) is 13.2 Å². The molecule has 0 fully saturated rings. The Kier molecular flexibility index (Phi) is 6.95. The molecule has 2 N–H and O–H groups in total. The first kappa shape index (κ1) is 26.5. The summed E-state index contributed by atoms with van der Waals surface area (Å²) in [6, 6.07) is 3.60. The van der Waals surface area contributed by atoms with E-state index in [9.17, 15) is 30.4 Å². The van der Waals surface area contributed by atoms with E-state index in [1.54, 1.807) is 0 Å². The summed E-state index contributed by atoms with van der Waals surface area (Å²) < 4.78 is 95.0. The number of nitrogens with two attached hydrogens (primary N) is 1. The summed E-state index contributed by atoms with van der Waals surface area (Å²) in [7, 11) is -3.79.